The summed E-state index contributed by atoms with van der Waals surface area (Å²) < 4.78 is 0.984. The van der Waals surface area contributed by atoms with E-state index in [4.69, 9.17) is 0 Å². The lowest BCUT2D eigenvalue weighted by Gasteiger charge is -2.03. The van der Waals surface area contributed by atoms with Gasteiger partial charge in [-0.15, -0.1) is 0 Å². The van der Waals surface area contributed by atoms with Crippen molar-refractivity contribution >= 4 is 22.6 Å². The van der Waals surface area contributed by atoms with Crippen molar-refractivity contribution in [3.63, 3.8) is 0 Å². The third-order valence-corrected chi connectivity index (χ3v) is 3.61. The maximum Gasteiger partial charge on any atom is 0.0135 e. The summed E-state index contributed by atoms with van der Waals surface area (Å²) in [5.41, 5.74) is 0. The number of hydrogen-bond acceptors (Lipinski definition) is 0. The van der Waals surface area contributed by atoms with E-state index in [-0.39, 0.29) is 0 Å². The third kappa shape index (κ3) is 1.31. The van der Waals surface area contributed by atoms with Crippen molar-refractivity contribution in [2.75, 3.05) is 0 Å². The summed E-state index contributed by atoms with van der Waals surface area (Å²) in [7, 11) is 0. The second kappa shape index (κ2) is 2.33. The maximum absolute atomic E-state index is 2.56. The van der Waals surface area contributed by atoms with Gasteiger partial charge < -0.3 is 0 Å². The highest BCUT2D eigenvalue weighted by Gasteiger charge is 2.19. The summed E-state index contributed by atoms with van der Waals surface area (Å²) in [6.45, 7) is 2.35. The van der Waals surface area contributed by atoms with Crippen LogP contribution in [0.5, 0.6) is 0 Å². The van der Waals surface area contributed by atoms with Crippen LogP contribution in [0.25, 0.3) is 0 Å². The van der Waals surface area contributed by atoms with Gasteiger partial charge in [-0.3, -0.25) is 0 Å². The molecule has 1 fully saturated rings. The van der Waals surface area contributed by atoms with E-state index >= 15 is 0 Å². The van der Waals surface area contributed by atoms with Crippen LogP contribution in [0.15, 0.2) is 0 Å². The van der Waals surface area contributed by atoms with Gasteiger partial charge in [0.1, 0.15) is 0 Å². The Morgan fingerprint density at radius 3 is 2.29 bits per heavy atom. The molecule has 0 radical (unpaired) electrons. The highest BCUT2D eigenvalue weighted by Crippen LogP contribution is 2.30. The second-order valence-corrected chi connectivity index (χ2v) is 4.02. The smallest absolute Gasteiger partial charge is 0.0135 e. The third-order valence-electron chi connectivity index (χ3n) is 1.76. The molecular weight excluding hydrogens is 199 g/mol. The van der Waals surface area contributed by atoms with Gasteiger partial charge in [-0.05, 0) is 18.8 Å². The molecule has 0 aliphatic heterocycles. The molecule has 1 unspecified atom stereocenters. The first-order valence-electron chi connectivity index (χ1n) is 2.95. The van der Waals surface area contributed by atoms with Crippen LogP contribution < -0.4 is 0 Å². The maximum atomic E-state index is 2.56. The van der Waals surface area contributed by atoms with Crippen molar-refractivity contribution in [3.05, 3.63) is 0 Å². The van der Waals surface area contributed by atoms with Crippen LogP contribution in [0.1, 0.15) is 26.2 Å². The highest BCUT2D eigenvalue weighted by molar-refractivity contribution is 14.1. The SMILES string of the molecule is C[C@@H]1CCCC1I. The normalized spacial score (nSPS) is 42.0. The number of hydrogen-bond donors (Lipinski definition) is 0. The average Bonchev–Trinajstić information content (AvgIpc) is 1.91. The van der Waals surface area contributed by atoms with E-state index in [1.165, 1.54) is 19.3 Å². The van der Waals surface area contributed by atoms with Crippen molar-refractivity contribution in [3.8, 4) is 0 Å². The molecule has 0 aromatic carbocycles. The Bertz CT molecular complexity index is 53.2. The quantitative estimate of drug-likeness (QED) is 0.425. The van der Waals surface area contributed by atoms with E-state index in [1.807, 2.05) is 0 Å². The van der Waals surface area contributed by atoms with Crippen LogP contribution >= 0.6 is 22.6 Å². The Morgan fingerprint density at radius 2 is 2.14 bits per heavy atom. The van der Waals surface area contributed by atoms with Crippen molar-refractivity contribution < 1.29 is 0 Å². The summed E-state index contributed by atoms with van der Waals surface area (Å²) in [4.78, 5) is 0. The predicted octanol–water partition coefficient (Wildman–Crippen LogP) is 2.61. The van der Waals surface area contributed by atoms with Crippen molar-refractivity contribution in [2.24, 2.45) is 5.92 Å². The van der Waals surface area contributed by atoms with Gasteiger partial charge in [-0.25, -0.2) is 0 Å². The van der Waals surface area contributed by atoms with Crippen LogP contribution in [0.4, 0.5) is 0 Å². The zero-order valence-corrected chi connectivity index (χ0v) is 6.81. The molecule has 0 N–H and O–H groups in total. The first kappa shape index (κ1) is 5.86. The summed E-state index contributed by atoms with van der Waals surface area (Å²) in [5, 5.41) is 0. The average molecular weight is 210 g/mol. The van der Waals surface area contributed by atoms with E-state index < -0.39 is 0 Å². The molecule has 0 heterocycles. The lowest BCUT2D eigenvalue weighted by molar-refractivity contribution is 0.638. The minimum atomic E-state index is 0.984. The summed E-state index contributed by atoms with van der Waals surface area (Å²) in [6, 6.07) is 0. The Kier molecular flexibility index (Phi) is 1.95. The fraction of sp³-hybridized carbons (Fsp3) is 1.00. The topological polar surface area (TPSA) is 0 Å². The molecule has 1 saturated carbocycles. The Hall–Kier alpha value is 0.730. The van der Waals surface area contributed by atoms with Gasteiger partial charge in [0, 0.05) is 3.92 Å². The standard InChI is InChI=1S/C6H11I/c1-5-3-2-4-6(5)7/h5-6H,2-4H2,1H3/t5-,6?/m1/s1. The molecule has 7 heavy (non-hydrogen) atoms. The molecule has 0 saturated heterocycles. The minimum absolute atomic E-state index is 0.984. The first-order chi connectivity index (χ1) is 3.30. The molecule has 1 aliphatic rings. The number of halogens is 1. The minimum Gasteiger partial charge on any atom is -0.0823 e. The Labute approximate surface area is 58.8 Å². The van der Waals surface area contributed by atoms with Crippen LogP contribution in [0, 0.1) is 5.92 Å². The van der Waals surface area contributed by atoms with Gasteiger partial charge in [-0.1, -0.05) is 35.9 Å². The van der Waals surface area contributed by atoms with Crippen molar-refractivity contribution in [2.45, 2.75) is 30.1 Å². The fourth-order valence-electron chi connectivity index (χ4n) is 1.10. The number of rotatable bonds is 0. The van der Waals surface area contributed by atoms with E-state index in [9.17, 15) is 0 Å². The molecule has 1 rings (SSSR count). The lowest BCUT2D eigenvalue weighted by atomic mass is 10.1. The molecule has 0 bridgehead atoms. The molecule has 0 aromatic heterocycles. The Morgan fingerprint density at radius 1 is 1.43 bits per heavy atom. The van der Waals surface area contributed by atoms with E-state index in [0.717, 1.165) is 9.84 Å². The van der Waals surface area contributed by atoms with Gasteiger partial charge in [0.15, 0.2) is 0 Å². The number of alkyl halides is 1. The molecule has 0 amide bonds. The van der Waals surface area contributed by atoms with Crippen molar-refractivity contribution in [1.82, 2.24) is 0 Å². The molecule has 2 atom stereocenters. The second-order valence-electron chi connectivity index (χ2n) is 2.42. The van der Waals surface area contributed by atoms with Crippen LogP contribution in [-0.2, 0) is 0 Å². The van der Waals surface area contributed by atoms with Gasteiger partial charge in [0.2, 0.25) is 0 Å². The van der Waals surface area contributed by atoms with Gasteiger partial charge in [0.25, 0.3) is 0 Å². The molecule has 0 aromatic rings. The van der Waals surface area contributed by atoms with Crippen molar-refractivity contribution in [1.29, 1.82) is 0 Å². The monoisotopic (exact) mass is 210 g/mol. The molecule has 1 aliphatic carbocycles. The zero-order valence-electron chi connectivity index (χ0n) is 4.65. The fourth-order valence-corrected chi connectivity index (χ4v) is 1.90. The Balaban J connectivity index is 2.33. The highest BCUT2D eigenvalue weighted by atomic mass is 127. The largest absolute Gasteiger partial charge is 0.0823 e. The van der Waals surface area contributed by atoms with Crippen LogP contribution in [0.3, 0.4) is 0 Å². The summed E-state index contributed by atoms with van der Waals surface area (Å²) >= 11 is 2.56. The van der Waals surface area contributed by atoms with Crippen LogP contribution in [0.2, 0.25) is 0 Å². The molecule has 42 valence electrons. The van der Waals surface area contributed by atoms with Gasteiger partial charge in [-0.2, -0.15) is 0 Å². The molecular formula is C6H11I. The summed E-state index contributed by atoms with van der Waals surface area (Å²) in [5.74, 6) is 1.00. The van der Waals surface area contributed by atoms with Gasteiger partial charge in [0.05, 0.1) is 0 Å². The zero-order chi connectivity index (χ0) is 5.28. The predicted molar refractivity (Wildman–Crippen MR) is 40.8 cm³/mol. The molecule has 0 nitrogen and oxygen atoms in total. The van der Waals surface area contributed by atoms with E-state index in [2.05, 4.69) is 29.5 Å². The van der Waals surface area contributed by atoms with E-state index in [0.29, 0.717) is 0 Å². The lowest BCUT2D eigenvalue weighted by Crippen LogP contribution is -1.98. The van der Waals surface area contributed by atoms with Gasteiger partial charge >= 0.3 is 0 Å². The first-order valence-corrected chi connectivity index (χ1v) is 4.19. The summed E-state index contributed by atoms with van der Waals surface area (Å²) in [6.07, 6.45) is 4.39. The van der Waals surface area contributed by atoms with E-state index in [1.54, 1.807) is 0 Å². The molecule has 0 spiro atoms. The molecule has 1 heteroatoms. The van der Waals surface area contributed by atoms with Crippen LogP contribution in [-0.4, -0.2) is 3.92 Å².